The van der Waals surface area contributed by atoms with E-state index < -0.39 is 6.17 Å². The lowest BCUT2D eigenvalue weighted by Gasteiger charge is -2.25. The standard InChI is InChI=1S/C10H19F/c1-8-4-5-9(11)7-10(2,3)6-8/h8-9H,4-7H2,1-3H3. The predicted octanol–water partition coefficient (Wildman–Crippen LogP) is 3.56. The quantitative estimate of drug-likeness (QED) is 0.473. The van der Waals surface area contributed by atoms with Crippen molar-refractivity contribution in [2.75, 3.05) is 0 Å². The van der Waals surface area contributed by atoms with Crippen LogP contribution in [0.15, 0.2) is 0 Å². The highest BCUT2D eigenvalue weighted by atomic mass is 19.1. The van der Waals surface area contributed by atoms with Crippen molar-refractivity contribution in [3.8, 4) is 0 Å². The van der Waals surface area contributed by atoms with Crippen LogP contribution in [-0.2, 0) is 0 Å². The summed E-state index contributed by atoms with van der Waals surface area (Å²) in [6.07, 6.45) is 3.26. The molecule has 0 amide bonds. The molecule has 0 aromatic rings. The highest BCUT2D eigenvalue weighted by molar-refractivity contribution is 4.79. The normalized spacial score (nSPS) is 38.2. The fraction of sp³-hybridized carbons (Fsp3) is 1.00. The summed E-state index contributed by atoms with van der Waals surface area (Å²) >= 11 is 0. The molecule has 0 aromatic heterocycles. The Morgan fingerprint density at radius 1 is 1.18 bits per heavy atom. The summed E-state index contributed by atoms with van der Waals surface area (Å²) in [6.45, 7) is 6.60. The van der Waals surface area contributed by atoms with Crippen LogP contribution in [0, 0.1) is 11.3 Å². The first-order valence-corrected chi connectivity index (χ1v) is 4.64. The zero-order valence-corrected chi connectivity index (χ0v) is 7.86. The van der Waals surface area contributed by atoms with Gasteiger partial charge in [-0.1, -0.05) is 20.8 Å². The molecule has 0 N–H and O–H groups in total. The van der Waals surface area contributed by atoms with Gasteiger partial charge in [0.25, 0.3) is 0 Å². The van der Waals surface area contributed by atoms with Crippen LogP contribution in [0.1, 0.15) is 46.5 Å². The molecule has 0 bridgehead atoms. The molecular formula is C10H19F. The van der Waals surface area contributed by atoms with E-state index in [1.54, 1.807) is 0 Å². The number of alkyl halides is 1. The van der Waals surface area contributed by atoms with Crippen molar-refractivity contribution in [2.45, 2.75) is 52.6 Å². The largest absolute Gasteiger partial charge is 0.247 e. The summed E-state index contributed by atoms with van der Waals surface area (Å²) in [5, 5.41) is 0. The minimum Gasteiger partial charge on any atom is -0.247 e. The van der Waals surface area contributed by atoms with Gasteiger partial charge < -0.3 is 0 Å². The smallest absolute Gasteiger partial charge is 0.101 e. The lowest BCUT2D eigenvalue weighted by molar-refractivity contribution is 0.207. The molecule has 1 saturated carbocycles. The minimum absolute atomic E-state index is 0.231. The van der Waals surface area contributed by atoms with Gasteiger partial charge in [-0.05, 0) is 37.0 Å². The van der Waals surface area contributed by atoms with Crippen LogP contribution in [0.4, 0.5) is 4.39 Å². The third-order valence-corrected chi connectivity index (χ3v) is 2.65. The molecule has 0 radical (unpaired) electrons. The highest BCUT2D eigenvalue weighted by Crippen LogP contribution is 2.37. The molecule has 66 valence electrons. The maximum Gasteiger partial charge on any atom is 0.101 e. The van der Waals surface area contributed by atoms with E-state index in [1.165, 1.54) is 6.42 Å². The Bertz CT molecular complexity index is 115. The van der Waals surface area contributed by atoms with Gasteiger partial charge >= 0.3 is 0 Å². The van der Waals surface area contributed by atoms with Crippen LogP contribution in [-0.4, -0.2) is 6.17 Å². The van der Waals surface area contributed by atoms with Crippen molar-refractivity contribution in [1.29, 1.82) is 0 Å². The molecule has 1 rings (SSSR count). The summed E-state index contributed by atoms with van der Waals surface area (Å²) in [6, 6.07) is 0. The van der Waals surface area contributed by atoms with E-state index in [9.17, 15) is 4.39 Å². The lowest BCUT2D eigenvalue weighted by Crippen LogP contribution is -2.16. The van der Waals surface area contributed by atoms with Crippen LogP contribution >= 0.6 is 0 Å². The third kappa shape index (κ3) is 2.80. The summed E-state index contributed by atoms with van der Waals surface area (Å²) in [4.78, 5) is 0. The number of halogens is 1. The Balaban J connectivity index is 2.55. The second-order valence-corrected chi connectivity index (χ2v) is 4.85. The van der Waals surface area contributed by atoms with Gasteiger partial charge in [-0.15, -0.1) is 0 Å². The Labute approximate surface area is 69.2 Å². The molecule has 1 fully saturated rings. The van der Waals surface area contributed by atoms with Crippen LogP contribution in [0.2, 0.25) is 0 Å². The second-order valence-electron chi connectivity index (χ2n) is 4.85. The first-order chi connectivity index (χ1) is 4.99. The van der Waals surface area contributed by atoms with Crippen LogP contribution in [0.5, 0.6) is 0 Å². The molecule has 1 aliphatic carbocycles. The van der Waals surface area contributed by atoms with E-state index in [0.717, 1.165) is 19.3 Å². The monoisotopic (exact) mass is 158 g/mol. The van der Waals surface area contributed by atoms with Crippen LogP contribution < -0.4 is 0 Å². The molecule has 0 spiro atoms. The van der Waals surface area contributed by atoms with Gasteiger partial charge in [-0.25, -0.2) is 4.39 Å². The van der Waals surface area contributed by atoms with Crippen molar-refractivity contribution >= 4 is 0 Å². The Morgan fingerprint density at radius 2 is 1.82 bits per heavy atom. The van der Waals surface area contributed by atoms with Gasteiger partial charge in [-0.3, -0.25) is 0 Å². The van der Waals surface area contributed by atoms with Gasteiger partial charge in [0.15, 0.2) is 0 Å². The van der Waals surface area contributed by atoms with Crippen molar-refractivity contribution in [3.63, 3.8) is 0 Å². The SMILES string of the molecule is CC1CCC(F)CC(C)(C)C1. The molecule has 0 heterocycles. The van der Waals surface area contributed by atoms with Crippen molar-refractivity contribution in [3.05, 3.63) is 0 Å². The van der Waals surface area contributed by atoms with E-state index in [4.69, 9.17) is 0 Å². The van der Waals surface area contributed by atoms with E-state index in [1.807, 2.05) is 0 Å². The van der Waals surface area contributed by atoms with Gasteiger partial charge in [0, 0.05) is 0 Å². The highest BCUT2D eigenvalue weighted by Gasteiger charge is 2.28. The van der Waals surface area contributed by atoms with E-state index in [0.29, 0.717) is 5.92 Å². The minimum atomic E-state index is -0.546. The Hall–Kier alpha value is -0.0700. The first-order valence-electron chi connectivity index (χ1n) is 4.64. The molecule has 1 aliphatic rings. The predicted molar refractivity (Wildman–Crippen MR) is 46.3 cm³/mol. The molecular weight excluding hydrogens is 139 g/mol. The lowest BCUT2D eigenvalue weighted by atomic mass is 9.82. The molecule has 0 aromatic carbocycles. The number of hydrogen-bond acceptors (Lipinski definition) is 0. The molecule has 11 heavy (non-hydrogen) atoms. The average Bonchev–Trinajstić information content (AvgIpc) is 1.89. The second kappa shape index (κ2) is 3.12. The number of rotatable bonds is 0. The summed E-state index contributed by atoms with van der Waals surface area (Å²) < 4.78 is 13.1. The van der Waals surface area contributed by atoms with Crippen LogP contribution in [0.3, 0.4) is 0 Å². The van der Waals surface area contributed by atoms with Crippen molar-refractivity contribution in [1.82, 2.24) is 0 Å². The fourth-order valence-corrected chi connectivity index (χ4v) is 2.30. The topological polar surface area (TPSA) is 0 Å². The maximum absolute atomic E-state index is 13.1. The van der Waals surface area contributed by atoms with Gasteiger partial charge in [0.05, 0.1) is 0 Å². The van der Waals surface area contributed by atoms with Gasteiger partial charge in [-0.2, -0.15) is 0 Å². The average molecular weight is 158 g/mol. The Kier molecular flexibility index (Phi) is 2.56. The Morgan fingerprint density at radius 3 is 2.45 bits per heavy atom. The molecule has 0 nitrogen and oxygen atoms in total. The maximum atomic E-state index is 13.1. The van der Waals surface area contributed by atoms with Crippen LogP contribution in [0.25, 0.3) is 0 Å². The fourth-order valence-electron chi connectivity index (χ4n) is 2.30. The zero-order chi connectivity index (χ0) is 8.48. The van der Waals surface area contributed by atoms with Gasteiger partial charge in [0.2, 0.25) is 0 Å². The number of hydrogen-bond donors (Lipinski definition) is 0. The van der Waals surface area contributed by atoms with E-state index >= 15 is 0 Å². The summed E-state index contributed by atoms with van der Waals surface area (Å²) in [5.41, 5.74) is 0.231. The third-order valence-electron chi connectivity index (χ3n) is 2.65. The van der Waals surface area contributed by atoms with E-state index in [2.05, 4.69) is 20.8 Å². The molecule has 0 aliphatic heterocycles. The van der Waals surface area contributed by atoms with Crippen molar-refractivity contribution in [2.24, 2.45) is 11.3 Å². The molecule has 2 unspecified atom stereocenters. The molecule has 0 saturated heterocycles. The first kappa shape index (κ1) is 9.02. The summed E-state index contributed by atoms with van der Waals surface area (Å²) in [7, 11) is 0. The summed E-state index contributed by atoms with van der Waals surface area (Å²) in [5.74, 6) is 0.714. The molecule has 1 heteroatoms. The zero-order valence-electron chi connectivity index (χ0n) is 7.86. The molecule has 2 atom stereocenters. The van der Waals surface area contributed by atoms with Crippen molar-refractivity contribution < 1.29 is 4.39 Å². The van der Waals surface area contributed by atoms with Gasteiger partial charge in [0.1, 0.15) is 6.17 Å². The van der Waals surface area contributed by atoms with E-state index in [-0.39, 0.29) is 5.41 Å².